The monoisotopic (exact) mass is 1000 g/mol. The maximum Gasteiger partial charge on any atom is 0.412 e. The van der Waals surface area contributed by atoms with E-state index in [9.17, 15) is 49.5 Å². The van der Waals surface area contributed by atoms with Crippen molar-refractivity contribution in [3.8, 4) is 23.0 Å². The Morgan fingerprint density at radius 1 is 0.877 bits per heavy atom. The number of fused-ring (bicyclic) bond motifs is 4. The number of nitrogens with two attached hydrogens (primary N) is 1. The standard InChI is InChI=1S/C52H56N6O15/c1-24-28-14-16-32(53)33(17-15-29(28)44(58-57-24)34-8-4-5-18-54-34)55-51(67)72-27-12-10-26(11-13-27)23-70-50(66)56-35-19-39(71-25(2)45(35)61)73-37-21-52(68,38(60)22-59)20-31-41(37)49(65)43-42(47(31)63)46(62)30-7-6-9-36(69-3)40(30)48(43)64/h4-13,18,25,28-29,32-33,35,37,39,45,59,61,63,65,68H,14-17,19-23,53H2,1-3H3,(H,55,67)(H,56,66)/t25?,28?,29?,32?,33?,35?,37-,39-,45+,52-/m0/s1. The molecule has 9 N–H and O–H groups in total. The van der Waals surface area contributed by atoms with Gasteiger partial charge >= 0.3 is 12.2 Å². The molecule has 21 heteroatoms. The molecule has 3 aliphatic carbocycles. The number of ketones is 3. The van der Waals surface area contributed by atoms with Gasteiger partial charge in [-0.25, -0.2) is 9.59 Å². The molecule has 2 fully saturated rings. The number of carbonyl (C=O) groups excluding carboxylic acids is 5. The van der Waals surface area contributed by atoms with E-state index < -0.39 is 108 Å². The van der Waals surface area contributed by atoms with Gasteiger partial charge in [0.05, 0.1) is 53.5 Å². The van der Waals surface area contributed by atoms with Crippen LogP contribution in [0.3, 0.4) is 0 Å². The fourth-order valence-corrected chi connectivity index (χ4v) is 10.7. The highest BCUT2D eigenvalue weighted by atomic mass is 16.7. The number of phenols is 2. The molecular formula is C52H56N6O15. The SMILES string of the molecule is COc1cccc2c1C(=O)c1c(O)c3c(c(O)c1C2=O)C[C@@](O)(C(=O)CO)C[C@@H]3O[C@H]1CC(NC(=O)OCc2ccc(OC(=O)NC3CCC4C(c5ccccn5)=NN=C(C)C4CCC3N)cc2)[C@H](O)C(C)O1. The van der Waals surface area contributed by atoms with Crippen LogP contribution in [0.15, 0.2) is 77.1 Å². The number of hydrogen-bond donors (Lipinski definition) is 8. The molecule has 0 radical (unpaired) electrons. The average molecular weight is 1010 g/mol. The number of aromatic hydroxyl groups is 2. The molecule has 384 valence electrons. The van der Waals surface area contributed by atoms with Gasteiger partial charge in [0.1, 0.15) is 47.9 Å². The summed E-state index contributed by atoms with van der Waals surface area (Å²) in [5, 5.41) is 70.6. The molecule has 21 nitrogen and oxygen atoms in total. The minimum Gasteiger partial charge on any atom is -0.507 e. The number of aliphatic hydroxyl groups excluding tert-OH is 2. The van der Waals surface area contributed by atoms with Crippen LogP contribution in [-0.2, 0) is 32.0 Å². The predicted octanol–water partition coefficient (Wildman–Crippen LogP) is 3.83. The molecule has 0 spiro atoms. The lowest BCUT2D eigenvalue weighted by Crippen LogP contribution is -2.56. The van der Waals surface area contributed by atoms with Crippen LogP contribution >= 0.6 is 0 Å². The van der Waals surface area contributed by atoms with Gasteiger partial charge in [0.2, 0.25) is 5.78 Å². The summed E-state index contributed by atoms with van der Waals surface area (Å²) >= 11 is 0. The van der Waals surface area contributed by atoms with Crippen LogP contribution in [0, 0.1) is 11.8 Å². The van der Waals surface area contributed by atoms with E-state index in [2.05, 4.69) is 25.8 Å². The molecule has 1 aromatic heterocycles. The normalized spacial score (nSPS) is 27.5. The number of rotatable bonds is 11. The van der Waals surface area contributed by atoms with Crippen LogP contribution in [0.2, 0.25) is 0 Å². The van der Waals surface area contributed by atoms with E-state index in [0.717, 1.165) is 23.5 Å². The Balaban J connectivity index is 0.824. The number of methoxy groups -OCH3 is 1. The lowest BCUT2D eigenvalue weighted by molar-refractivity contribution is -0.249. The van der Waals surface area contributed by atoms with Crippen molar-refractivity contribution in [3.63, 3.8) is 0 Å². The highest BCUT2D eigenvalue weighted by molar-refractivity contribution is 6.31. The number of hydrogen-bond acceptors (Lipinski definition) is 19. The number of Topliss-reactive ketones (excluding diaryl/α,β-unsaturated/α-hetero) is 1. The highest BCUT2D eigenvalue weighted by Crippen LogP contribution is 2.52. The lowest BCUT2D eigenvalue weighted by Gasteiger charge is -2.42. The van der Waals surface area contributed by atoms with Crippen molar-refractivity contribution in [1.82, 2.24) is 15.6 Å². The number of nitrogens with zero attached hydrogens (tertiary/aromatic N) is 3. The van der Waals surface area contributed by atoms with E-state index in [1.165, 1.54) is 32.2 Å². The third-order valence-electron chi connectivity index (χ3n) is 14.6. The molecule has 1 saturated heterocycles. The zero-order valence-corrected chi connectivity index (χ0v) is 40.1. The van der Waals surface area contributed by atoms with Crippen LogP contribution in [-0.4, -0.2) is 127 Å². The third kappa shape index (κ3) is 9.90. The van der Waals surface area contributed by atoms with Gasteiger partial charge < -0.3 is 65.6 Å². The Morgan fingerprint density at radius 2 is 1.62 bits per heavy atom. The first-order valence-corrected chi connectivity index (χ1v) is 24.0. The first-order valence-electron chi connectivity index (χ1n) is 24.0. The number of pyridine rings is 1. The number of aliphatic hydroxyl groups is 3. The maximum absolute atomic E-state index is 14.0. The fourth-order valence-electron chi connectivity index (χ4n) is 10.7. The van der Waals surface area contributed by atoms with E-state index in [1.54, 1.807) is 30.5 Å². The van der Waals surface area contributed by atoms with E-state index in [4.69, 9.17) is 29.4 Å². The molecule has 6 unspecified atom stereocenters. The summed E-state index contributed by atoms with van der Waals surface area (Å²) in [6.07, 6.45) is -3.81. The Labute approximate surface area is 418 Å². The van der Waals surface area contributed by atoms with Gasteiger partial charge in [0, 0.05) is 71.8 Å². The summed E-state index contributed by atoms with van der Waals surface area (Å²) in [6.45, 7) is 2.16. The first kappa shape index (κ1) is 50.8. The number of aromatic nitrogens is 1. The minimum atomic E-state index is -2.38. The summed E-state index contributed by atoms with van der Waals surface area (Å²) in [4.78, 5) is 71.8. The van der Waals surface area contributed by atoms with Gasteiger partial charge in [-0.15, -0.1) is 0 Å². The summed E-state index contributed by atoms with van der Waals surface area (Å²) in [7, 11) is 1.30. The number of amides is 2. The second-order valence-electron chi connectivity index (χ2n) is 19.1. The molecule has 1 saturated carbocycles. The second-order valence-corrected chi connectivity index (χ2v) is 19.1. The van der Waals surface area contributed by atoms with Gasteiger partial charge in [-0.05, 0) is 75.4 Å². The minimum absolute atomic E-state index is 0.0438. The number of ether oxygens (including phenoxy) is 5. The van der Waals surface area contributed by atoms with Gasteiger partial charge in [-0.3, -0.25) is 19.4 Å². The van der Waals surface area contributed by atoms with E-state index in [-0.39, 0.29) is 70.7 Å². The molecule has 73 heavy (non-hydrogen) atoms. The number of benzene rings is 3. The van der Waals surface area contributed by atoms with E-state index in [0.29, 0.717) is 24.8 Å². The zero-order chi connectivity index (χ0) is 51.9. The summed E-state index contributed by atoms with van der Waals surface area (Å²) in [5.41, 5.74) is 5.45. The van der Waals surface area contributed by atoms with Crippen molar-refractivity contribution in [2.24, 2.45) is 27.8 Å². The first-order chi connectivity index (χ1) is 35.0. The molecule has 5 aliphatic rings. The maximum atomic E-state index is 14.0. The van der Waals surface area contributed by atoms with Gasteiger partial charge in [0.15, 0.2) is 17.9 Å². The lowest BCUT2D eigenvalue weighted by atomic mass is 9.72. The fraction of sp³-hybridized carbons (Fsp3) is 0.423. The summed E-state index contributed by atoms with van der Waals surface area (Å²) in [6, 6.07) is 14.5. The highest BCUT2D eigenvalue weighted by Gasteiger charge is 2.50. The molecule has 0 bridgehead atoms. The Bertz CT molecular complexity index is 2900. The molecular weight excluding hydrogens is 949 g/mol. The number of alkyl carbamates (subject to hydrolysis) is 1. The van der Waals surface area contributed by atoms with Crippen molar-refractivity contribution < 1.29 is 73.2 Å². The Kier molecular flexibility index (Phi) is 14.4. The summed E-state index contributed by atoms with van der Waals surface area (Å²) in [5.74, 6) is -3.75. The molecule has 2 amide bonds. The van der Waals surface area contributed by atoms with Crippen LogP contribution < -0.4 is 25.8 Å². The average Bonchev–Trinajstić information content (AvgIpc) is 3.37. The summed E-state index contributed by atoms with van der Waals surface area (Å²) < 4.78 is 28.6. The van der Waals surface area contributed by atoms with Crippen molar-refractivity contribution in [2.45, 2.75) is 114 Å². The number of nitrogens with one attached hydrogen (secondary N) is 2. The molecule has 9 rings (SSSR count). The topological polar surface area (TPSA) is 320 Å². The van der Waals surface area contributed by atoms with Gasteiger partial charge in [0.25, 0.3) is 0 Å². The molecule has 10 atom stereocenters. The van der Waals surface area contributed by atoms with Gasteiger partial charge in [-0.1, -0.05) is 30.3 Å². The number of phenolic OH excluding ortho intramolecular Hbond substituents is 2. The van der Waals surface area contributed by atoms with Crippen molar-refractivity contribution >= 4 is 41.0 Å². The van der Waals surface area contributed by atoms with E-state index >= 15 is 0 Å². The van der Waals surface area contributed by atoms with Gasteiger partial charge in [-0.2, -0.15) is 10.2 Å². The largest absolute Gasteiger partial charge is 0.507 e. The Morgan fingerprint density at radius 3 is 2.34 bits per heavy atom. The van der Waals surface area contributed by atoms with Crippen LogP contribution in [0.1, 0.15) is 113 Å². The van der Waals surface area contributed by atoms with Crippen LogP contribution in [0.4, 0.5) is 9.59 Å². The number of carbonyl (C=O) groups is 5. The molecule has 4 aromatic rings. The molecule has 3 aromatic carbocycles. The van der Waals surface area contributed by atoms with Crippen molar-refractivity contribution in [2.75, 3.05) is 13.7 Å². The van der Waals surface area contributed by atoms with Crippen molar-refractivity contribution in [1.29, 1.82) is 0 Å². The third-order valence-corrected chi connectivity index (χ3v) is 14.6. The van der Waals surface area contributed by atoms with E-state index in [1.807, 2.05) is 25.1 Å². The van der Waals surface area contributed by atoms with Crippen molar-refractivity contribution in [3.05, 3.63) is 111 Å². The zero-order valence-electron chi connectivity index (χ0n) is 40.1. The predicted molar refractivity (Wildman–Crippen MR) is 258 cm³/mol. The smallest absolute Gasteiger partial charge is 0.412 e. The van der Waals surface area contributed by atoms with Crippen LogP contribution in [0.25, 0.3) is 0 Å². The molecule has 3 heterocycles. The van der Waals surface area contributed by atoms with Crippen LogP contribution in [0.5, 0.6) is 23.0 Å². The molecule has 2 aliphatic heterocycles. The second kappa shape index (κ2) is 20.8. The quantitative estimate of drug-likeness (QED) is 0.0872. The Hall–Kier alpha value is -7.14.